The number of hydrogen-bond donors (Lipinski definition) is 2. The van der Waals surface area contributed by atoms with E-state index in [9.17, 15) is 27.2 Å². The molecule has 1 fully saturated rings. The SMILES string of the molecule is COC(=O)C1CCN(C(=N)c2c(F)cccc2NC(=O)c2c(Cl)cccc2C(F)(F)F)C(C)C1. The number of piperidine rings is 1. The molecule has 1 amide bonds. The lowest BCUT2D eigenvalue weighted by atomic mass is 9.91. The van der Waals surface area contributed by atoms with E-state index in [1.807, 2.05) is 0 Å². The Labute approximate surface area is 198 Å². The van der Waals surface area contributed by atoms with Gasteiger partial charge in [-0.25, -0.2) is 4.39 Å². The van der Waals surface area contributed by atoms with Gasteiger partial charge in [0, 0.05) is 12.6 Å². The second-order valence-electron chi connectivity index (χ2n) is 7.91. The first-order valence-corrected chi connectivity index (χ1v) is 10.7. The van der Waals surface area contributed by atoms with Gasteiger partial charge in [0.1, 0.15) is 11.7 Å². The molecule has 182 valence electrons. The smallest absolute Gasteiger partial charge is 0.417 e. The summed E-state index contributed by atoms with van der Waals surface area (Å²) in [5, 5.41) is 10.5. The van der Waals surface area contributed by atoms with Gasteiger partial charge in [-0.2, -0.15) is 13.2 Å². The number of nitrogens with zero attached hydrogens (tertiary/aromatic N) is 1. The van der Waals surface area contributed by atoms with Gasteiger partial charge in [-0.1, -0.05) is 23.7 Å². The largest absolute Gasteiger partial charge is 0.469 e. The molecule has 34 heavy (non-hydrogen) atoms. The zero-order valence-corrected chi connectivity index (χ0v) is 19.1. The molecule has 0 bridgehead atoms. The molecule has 1 heterocycles. The number of rotatable bonds is 4. The zero-order chi connectivity index (χ0) is 25.2. The number of anilines is 1. The van der Waals surface area contributed by atoms with E-state index < -0.39 is 34.1 Å². The molecule has 1 aliphatic rings. The number of nitrogens with one attached hydrogen (secondary N) is 2. The van der Waals surface area contributed by atoms with E-state index in [0.29, 0.717) is 12.8 Å². The Morgan fingerprint density at radius 1 is 1.18 bits per heavy atom. The van der Waals surface area contributed by atoms with Crippen LogP contribution >= 0.6 is 11.6 Å². The number of esters is 1. The number of halogens is 5. The number of likely N-dealkylation sites (tertiary alicyclic amines) is 1. The first-order valence-electron chi connectivity index (χ1n) is 10.3. The molecule has 2 N–H and O–H groups in total. The first-order chi connectivity index (χ1) is 16.0. The average Bonchev–Trinajstić information content (AvgIpc) is 2.77. The van der Waals surface area contributed by atoms with Gasteiger partial charge in [-0.15, -0.1) is 0 Å². The normalized spacial score (nSPS) is 18.4. The number of hydrogen-bond acceptors (Lipinski definition) is 4. The van der Waals surface area contributed by atoms with Crippen molar-refractivity contribution >= 4 is 35.0 Å². The summed E-state index contributed by atoms with van der Waals surface area (Å²) in [6, 6.07) is 6.27. The van der Waals surface area contributed by atoms with Crippen LogP contribution in [-0.2, 0) is 15.7 Å². The lowest BCUT2D eigenvalue weighted by Crippen LogP contribution is -2.46. The van der Waals surface area contributed by atoms with Gasteiger partial charge in [0.05, 0.1) is 40.4 Å². The predicted molar refractivity (Wildman–Crippen MR) is 119 cm³/mol. The average molecular weight is 500 g/mol. The minimum absolute atomic E-state index is 0.176. The van der Waals surface area contributed by atoms with Crippen LogP contribution in [0.25, 0.3) is 0 Å². The molecule has 11 heteroatoms. The molecule has 2 unspecified atom stereocenters. The molecule has 6 nitrogen and oxygen atoms in total. The Morgan fingerprint density at radius 2 is 1.85 bits per heavy atom. The number of amides is 1. The summed E-state index contributed by atoms with van der Waals surface area (Å²) in [7, 11) is 1.29. The van der Waals surface area contributed by atoms with E-state index in [-0.39, 0.29) is 41.6 Å². The Bertz CT molecular complexity index is 1120. The molecular weight excluding hydrogens is 478 g/mol. The summed E-state index contributed by atoms with van der Waals surface area (Å²) in [5.74, 6) is -3.00. The minimum atomic E-state index is -4.84. The van der Waals surface area contributed by atoms with Crippen molar-refractivity contribution < 1.29 is 31.9 Å². The summed E-state index contributed by atoms with van der Waals surface area (Å²) >= 11 is 5.90. The Balaban J connectivity index is 1.92. The van der Waals surface area contributed by atoms with Crippen LogP contribution in [0.4, 0.5) is 23.2 Å². The highest BCUT2D eigenvalue weighted by Gasteiger charge is 2.37. The van der Waals surface area contributed by atoms with Gasteiger partial charge in [0.2, 0.25) is 0 Å². The topological polar surface area (TPSA) is 82.5 Å². The predicted octanol–water partition coefficient (Wildman–Crippen LogP) is 5.35. The summed E-state index contributed by atoms with van der Waals surface area (Å²) < 4.78 is 59.9. The van der Waals surface area contributed by atoms with E-state index >= 15 is 0 Å². The maximum atomic E-state index is 14.8. The van der Waals surface area contributed by atoms with E-state index in [1.54, 1.807) is 11.8 Å². The molecule has 2 aromatic carbocycles. The highest BCUT2D eigenvalue weighted by atomic mass is 35.5. The van der Waals surface area contributed by atoms with E-state index in [1.165, 1.54) is 19.2 Å². The second kappa shape index (κ2) is 10.0. The van der Waals surface area contributed by atoms with Crippen LogP contribution in [-0.4, -0.2) is 42.3 Å². The number of carbonyl (C=O) groups excluding carboxylic acids is 2. The number of carbonyl (C=O) groups is 2. The third-order valence-electron chi connectivity index (χ3n) is 5.74. The maximum absolute atomic E-state index is 14.8. The Morgan fingerprint density at radius 3 is 2.47 bits per heavy atom. The summed E-state index contributed by atoms with van der Waals surface area (Å²) in [4.78, 5) is 26.3. The molecule has 0 aliphatic carbocycles. The van der Waals surface area contributed by atoms with Gasteiger partial charge in [-0.3, -0.25) is 15.0 Å². The molecule has 3 rings (SSSR count). The Kier molecular flexibility index (Phi) is 7.50. The number of amidine groups is 1. The number of ether oxygens (including phenoxy) is 1. The van der Waals surface area contributed by atoms with Gasteiger partial charge in [-0.05, 0) is 44.0 Å². The molecule has 0 aromatic heterocycles. The lowest BCUT2D eigenvalue weighted by molar-refractivity contribution is -0.147. The number of methoxy groups -OCH3 is 1. The van der Waals surface area contributed by atoms with Crippen molar-refractivity contribution in [1.29, 1.82) is 5.41 Å². The quantitative estimate of drug-likeness (QED) is 0.257. The van der Waals surface area contributed by atoms with Crippen molar-refractivity contribution in [3.05, 3.63) is 63.9 Å². The first kappa shape index (κ1) is 25.5. The Hall–Kier alpha value is -3.14. The van der Waals surface area contributed by atoms with Gasteiger partial charge in [0.15, 0.2) is 0 Å². The van der Waals surface area contributed by atoms with Crippen LogP contribution in [0.2, 0.25) is 5.02 Å². The van der Waals surface area contributed by atoms with E-state index in [2.05, 4.69) is 5.32 Å². The van der Waals surface area contributed by atoms with Crippen LogP contribution < -0.4 is 5.32 Å². The number of alkyl halides is 3. The third kappa shape index (κ3) is 5.16. The third-order valence-corrected chi connectivity index (χ3v) is 6.06. The highest BCUT2D eigenvalue weighted by Crippen LogP contribution is 2.36. The summed E-state index contributed by atoms with van der Waals surface area (Å²) in [6.07, 6.45) is -4.08. The van der Waals surface area contributed by atoms with Crippen LogP contribution in [0.15, 0.2) is 36.4 Å². The molecular formula is C23H22ClF4N3O3. The van der Waals surface area contributed by atoms with E-state index in [0.717, 1.165) is 24.3 Å². The maximum Gasteiger partial charge on any atom is 0.417 e. The minimum Gasteiger partial charge on any atom is -0.469 e. The van der Waals surface area contributed by atoms with Crippen LogP contribution in [0.3, 0.4) is 0 Å². The van der Waals surface area contributed by atoms with Crippen molar-refractivity contribution in [3.63, 3.8) is 0 Å². The van der Waals surface area contributed by atoms with Crippen molar-refractivity contribution in [3.8, 4) is 0 Å². The number of benzene rings is 2. The monoisotopic (exact) mass is 499 g/mol. The fourth-order valence-corrected chi connectivity index (χ4v) is 4.33. The highest BCUT2D eigenvalue weighted by molar-refractivity contribution is 6.34. The van der Waals surface area contributed by atoms with Crippen LogP contribution in [0.1, 0.15) is 41.3 Å². The van der Waals surface area contributed by atoms with E-state index in [4.69, 9.17) is 21.7 Å². The van der Waals surface area contributed by atoms with Gasteiger partial charge in [0.25, 0.3) is 5.91 Å². The standard InChI is InChI=1S/C23H22ClF4N3O3/c1-12-11-13(22(33)34-2)9-10-31(12)20(29)19-16(25)7-4-8-17(19)30-21(32)18-14(23(26,27)28)5-3-6-15(18)24/h3-8,12-13,29H,9-11H2,1-2H3,(H,30,32). The van der Waals surface area contributed by atoms with Crippen LogP contribution in [0.5, 0.6) is 0 Å². The van der Waals surface area contributed by atoms with Crippen molar-refractivity contribution in [2.45, 2.75) is 32.0 Å². The van der Waals surface area contributed by atoms with Gasteiger partial charge >= 0.3 is 12.1 Å². The van der Waals surface area contributed by atoms with Gasteiger partial charge < -0.3 is 15.0 Å². The molecule has 0 radical (unpaired) electrons. The molecule has 0 spiro atoms. The second-order valence-corrected chi connectivity index (χ2v) is 8.32. The van der Waals surface area contributed by atoms with Crippen molar-refractivity contribution in [1.82, 2.24) is 4.90 Å². The molecule has 0 saturated carbocycles. The summed E-state index contributed by atoms with van der Waals surface area (Å²) in [6.45, 7) is 2.02. The molecule has 2 atom stereocenters. The summed E-state index contributed by atoms with van der Waals surface area (Å²) in [5.41, 5.74) is -2.49. The molecule has 2 aromatic rings. The van der Waals surface area contributed by atoms with Crippen molar-refractivity contribution in [2.24, 2.45) is 5.92 Å². The molecule has 1 aliphatic heterocycles. The zero-order valence-electron chi connectivity index (χ0n) is 18.3. The lowest BCUT2D eigenvalue weighted by Gasteiger charge is -2.38. The fourth-order valence-electron chi connectivity index (χ4n) is 4.07. The fraction of sp³-hybridized carbons (Fsp3) is 0.348. The van der Waals surface area contributed by atoms with Crippen LogP contribution in [0, 0.1) is 17.1 Å². The van der Waals surface area contributed by atoms with Crippen molar-refractivity contribution in [2.75, 3.05) is 19.0 Å². The molecule has 1 saturated heterocycles.